The van der Waals surface area contributed by atoms with Crippen molar-refractivity contribution in [2.24, 2.45) is 0 Å². The Hall–Kier alpha value is -1.97. The summed E-state index contributed by atoms with van der Waals surface area (Å²) in [4.78, 5) is 15.9. The van der Waals surface area contributed by atoms with Crippen molar-refractivity contribution in [1.29, 1.82) is 0 Å². The van der Waals surface area contributed by atoms with Crippen molar-refractivity contribution < 1.29 is 9.47 Å². The SMILES string of the molecule is COc1ccc2c(=O)c3c([nH]c2c1OC)CCCC3. The molecule has 4 heteroatoms. The average Bonchev–Trinajstić information content (AvgIpc) is 2.46. The van der Waals surface area contributed by atoms with Gasteiger partial charge in [-0.1, -0.05) is 0 Å². The van der Waals surface area contributed by atoms with Crippen molar-refractivity contribution in [3.8, 4) is 11.5 Å². The highest BCUT2D eigenvalue weighted by molar-refractivity contribution is 5.88. The second-order valence-electron chi connectivity index (χ2n) is 4.84. The highest BCUT2D eigenvalue weighted by Gasteiger charge is 2.19. The molecule has 1 N–H and O–H groups in total. The smallest absolute Gasteiger partial charge is 0.192 e. The van der Waals surface area contributed by atoms with Crippen LogP contribution in [0.25, 0.3) is 10.9 Å². The van der Waals surface area contributed by atoms with Gasteiger partial charge < -0.3 is 14.5 Å². The lowest BCUT2D eigenvalue weighted by atomic mass is 9.94. The first-order valence-electron chi connectivity index (χ1n) is 6.55. The van der Waals surface area contributed by atoms with E-state index in [-0.39, 0.29) is 5.43 Å². The van der Waals surface area contributed by atoms with Crippen LogP contribution in [0.15, 0.2) is 16.9 Å². The van der Waals surface area contributed by atoms with Gasteiger partial charge in [0, 0.05) is 16.6 Å². The number of methoxy groups -OCH3 is 2. The second kappa shape index (κ2) is 4.61. The van der Waals surface area contributed by atoms with Crippen LogP contribution in [0, 0.1) is 0 Å². The van der Waals surface area contributed by atoms with Gasteiger partial charge >= 0.3 is 0 Å². The lowest BCUT2D eigenvalue weighted by molar-refractivity contribution is 0.358. The van der Waals surface area contributed by atoms with Gasteiger partial charge in [-0.25, -0.2) is 0 Å². The molecule has 0 spiro atoms. The third-order valence-electron chi connectivity index (χ3n) is 3.81. The minimum absolute atomic E-state index is 0.129. The normalized spacial score (nSPS) is 14.2. The Labute approximate surface area is 111 Å². The maximum Gasteiger partial charge on any atom is 0.192 e. The fourth-order valence-electron chi connectivity index (χ4n) is 2.85. The Morgan fingerprint density at radius 2 is 1.89 bits per heavy atom. The van der Waals surface area contributed by atoms with Crippen molar-refractivity contribution in [1.82, 2.24) is 4.98 Å². The van der Waals surface area contributed by atoms with Crippen LogP contribution in [-0.2, 0) is 12.8 Å². The van der Waals surface area contributed by atoms with Crippen LogP contribution in [0.4, 0.5) is 0 Å². The van der Waals surface area contributed by atoms with E-state index in [4.69, 9.17) is 9.47 Å². The van der Waals surface area contributed by atoms with Crippen LogP contribution in [0.2, 0.25) is 0 Å². The number of rotatable bonds is 2. The first-order valence-corrected chi connectivity index (χ1v) is 6.55. The van der Waals surface area contributed by atoms with Gasteiger partial charge in [0.25, 0.3) is 0 Å². The van der Waals surface area contributed by atoms with Crippen molar-refractivity contribution in [2.45, 2.75) is 25.7 Å². The number of hydrogen-bond donors (Lipinski definition) is 1. The number of nitrogens with one attached hydrogen (secondary N) is 1. The fourth-order valence-corrected chi connectivity index (χ4v) is 2.85. The van der Waals surface area contributed by atoms with Gasteiger partial charge in [0.1, 0.15) is 0 Å². The molecular formula is C15H17NO3. The largest absolute Gasteiger partial charge is 0.493 e. The van der Waals surface area contributed by atoms with Gasteiger partial charge in [-0.15, -0.1) is 0 Å². The van der Waals surface area contributed by atoms with Gasteiger partial charge in [0.05, 0.1) is 19.7 Å². The molecule has 1 aliphatic rings. The molecule has 0 aliphatic heterocycles. The number of ether oxygens (including phenoxy) is 2. The molecule has 0 atom stereocenters. The molecule has 1 heterocycles. The van der Waals surface area contributed by atoms with E-state index in [0.29, 0.717) is 16.9 Å². The Balaban J connectivity index is 2.38. The van der Waals surface area contributed by atoms with Crippen molar-refractivity contribution in [3.05, 3.63) is 33.6 Å². The minimum atomic E-state index is 0.129. The third kappa shape index (κ3) is 1.79. The highest BCUT2D eigenvalue weighted by Crippen LogP contribution is 2.34. The van der Waals surface area contributed by atoms with Crippen LogP contribution in [0.3, 0.4) is 0 Å². The van der Waals surface area contributed by atoms with E-state index < -0.39 is 0 Å². The molecule has 1 aromatic heterocycles. The zero-order valence-electron chi connectivity index (χ0n) is 11.2. The number of fused-ring (bicyclic) bond motifs is 2. The van der Waals surface area contributed by atoms with E-state index in [2.05, 4.69) is 4.98 Å². The molecule has 2 aromatic rings. The summed E-state index contributed by atoms with van der Waals surface area (Å²) in [7, 11) is 3.19. The number of pyridine rings is 1. The molecule has 1 aromatic carbocycles. The summed E-state index contributed by atoms with van der Waals surface area (Å²) in [5.74, 6) is 1.24. The van der Waals surface area contributed by atoms with Crippen LogP contribution in [-0.4, -0.2) is 19.2 Å². The molecule has 0 saturated carbocycles. The second-order valence-corrected chi connectivity index (χ2v) is 4.84. The monoisotopic (exact) mass is 259 g/mol. The molecule has 0 fully saturated rings. The predicted molar refractivity (Wildman–Crippen MR) is 74.3 cm³/mol. The summed E-state index contributed by atoms with van der Waals surface area (Å²) in [6.45, 7) is 0. The number of aromatic nitrogens is 1. The Bertz CT molecular complexity index is 688. The van der Waals surface area contributed by atoms with Crippen molar-refractivity contribution >= 4 is 10.9 Å². The zero-order chi connectivity index (χ0) is 13.4. The van der Waals surface area contributed by atoms with Gasteiger partial charge in [0.15, 0.2) is 16.9 Å². The molecule has 3 rings (SSSR count). The number of aromatic amines is 1. The van der Waals surface area contributed by atoms with Crippen LogP contribution in [0.1, 0.15) is 24.1 Å². The van der Waals surface area contributed by atoms with E-state index in [9.17, 15) is 4.79 Å². The molecule has 0 saturated heterocycles. The Morgan fingerprint density at radius 1 is 1.11 bits per heavy atom. The molecule has 0 radical (unpaired) electrons. The number of hydrogen-bond acceptors (Lipinski definition) is 3. The lowest BCUT2D eigenvalue weighted by Gasteiger charge is -2.17. The van der Waals surface area contributed by atoms with Crippen molar-refractivity contribution in [2.75, 3.05) is 14.2 Å². The molecule has 0 unspecified atom stereocenters. The first kappa shape index (κ1) is 12.1. The maximum atomic E-state index is 12.5. The summed E-state index contributed by atoms with van der Waals surface area (Å²) in [5, 5.41) is 0.679. The van der Waals surface area contributed by atoms with E-state index in [0.717, 1.165) is 42.5 Å². The van der Waals surface area contributed by atoms with E-state index >= 15 is 0 Å². The summed E-state index contributed by atoms with van der Waals surface area (Å²) in [6, 6.07) is 3.59. The number of H-pyrrole nitrogens is 1. The molecule has 19 heavy (non-hydrogen) atoms. The van der Waals surface area contributed by atoms with E-state index in [1.165, 1.54) is 0 Å². The molecule has 1 aliphatic carbocycles. The van der Waals surface area contributed by atoms with Gasteiger partial charge in [-0.05, 0) is 37.8 Å². The molecule has 0 bridgehead atoms. The fraction of sp³-hybridized carbons (Fsp3) is 0.400. The average molecular weight is 259 g/mol. The summed E-state index contributed by atoms with van der Waals surface area (Å²) >= 11 is 0. The van der Waals surface area contributed by atoms with Crippen molar-refractivity contribution in [3.63, 3.8) is 0 Å². The topological polar surface area (TPSA) is 51.3 Å². The first-order chi connectivity index (χ1) is 9.26. The molecular weight excluding hydrogens is 242 g/mol. The number of benzene rings is 1. The summed E-state index contributed by atoms with van der Waals surface area (Å²) < 4.78 is 10.7. The molecule has 100 valence electrons. The van der Waals surface area contributed by atoms with Crippen LogP contribution in [0.5, 0.6) is 11.5 Å². The van der Waals surface area contributed by atoms with Crippen LogP contribution >= 0.6 is 0 Å². The summed E-state index contributed by atoms with van der Waals surface area (Å²) in [5.41, 5.74) is 2.86. The lowest BCUT2D eigenvalue weighted by Crippen LogP contribution is -2.18. The van der Waals surface area contributed by atoms with Gasteiger partial charge in [-0.3, -0.25) is 4.79 Å². The maximum absolute atomic E-state index is 12.5. The standard InChI is InChI=1S/C15H17NO3/c1-18-12-8-7-10-13(15(12)19-2)16-11-6-4-3-5-9(11)14(10)17/h7-8H,3-6H2,1-2H3,(H,16,17). The highest BCUT2D eigenvalue weighted by atomic mass is 16.5. The zero-order valence-corrected chi connectivity index (χ0v) is 11.2. The molecule has 4 nitrogen and oxygen atoms in total. The van der Waals surface area contributed by atoms with E-state index in [1.807, 2.05) is 6.07 Å². The van der Waals surface area contributed by atoms with Gasteiger partial charge in [-0.2, -0.15) is 0 Å². The summed E-state index contributed by atoms with van der Waals surface area (Å²) in [6.07, 6.45) is 4.02. The van der Waals surface area contributed by atoms with Crippen LogP contribution < -0.4 is 14.9 Å². The Kier molecular flexibility index (Phi) is 2.93. The quantitative estimate of drug-likeness (QED) is 0.901. The van der Waals surface area contributed by atoms with Gasteiger partial charge in [0.2, 0.25) is 0 Å². The third-order valence-corrected chi connectivity index (χ3v) is 3.81. The number of aryl methyl sites for hydroxylation is 1. The molecule has 0 amide bonds. The van der Waals surface area contributed by atoms with E-state index in [1.54, 1.807) is 20.3 Å². The predicted octanol–water partition coefficient (Wildman–Crippen LogP) is 2.42. The Morgan fingerprint density at radius 3 is 2.63 bits per heavy atom. The minimum Gasteiger partial charge on any atom is -0.493 e.